The minimum Gasteiger partial charge on any atom is -0.500 e. The van der Waals surface area contributed by atoms with Crippen LogP contribution in [0.25, 0.3) is 0 Å². The molecule has 1 N–H and O–H groups in total. The van der Waals surface area contributed by atoms with Gasteiger partial charge in [-0.2, -0.15) is 0 Å². The van der Waals surface area contributed by atoms with E-state index >= 15 is 0 Å². The molecule has 0 saturated carbocycles. The highest BCUT2D eigenvalue weighted by Gasteiger charge is 2.13. The molecule has 0 radical (unpaired) electrons. The third kappa shape index (κ3) is 4.02. The molecule has 0 saturated heterocycles. The van der Waals surface area contributed by atoms with Crippen molar-refractivity contribution in [3.05, 3.63) is 41.9 Å². The fourth-order valence-corrected chi connectivity index (χ4v) is 1.29. The number of esters is 1. The third-order valence-corrected chi connectivity index (χ3v) is 2.24. The number of hydrogen-bond acceptors (Lipinski definition) is 6. The maximum absolute atomic E-state index is 11.4. The predicted molar refractivity (Wildman–Crippen MR) is 68.2 cm³/mol. The van der Waals surface area contributed by atoms with Crippen LogP contribution in [0.3, 0.4) is 0 Å². The average molecular weight is 265 g/mol. The number of rotatable bonds is 5. The molecule has 102 valence electrons. The highest BCUT2D eigenvalue weighted by molar-refractivity contribution is 5.98. The minimum atomic E-state index is -0.653. The second kappa shape index (κ2) is 7.05. The summed E-state index contributed by atoms with van der Waals surface area (Å²) in [6.07, 6.45) is 1.14. The van der Waals surface area contributed by atoms with E-state index in [0.717, 1.165) is 6.26 Å². The summed E-state index contributed by atoms with van der Waals surface area (Å²) in [6.45, 7) is 1.64. The first kappa shape index (κ1) is 14.6. The molecule has 0 atom stereocenters. The van der Waals surface area contributed by atoms with Gasteiger partial charge in [0.25, 0.3) is 0 Å². The van der Waals surface area contributed by atoms with E-state index in [0.29, 0.717) is 17.0 Å². The van der Waals surface area contributed by atoms with Gasteiger partial charge in [-0.15, -0.1) is 0 Å². The maximum Gasteiger partial charge on any atom is 0.377 e. The van der Waals surface area contributed by atoms with Crippen molar-refractivity contribution in [2.75, 3.05) is 14.2 Å². The van der Waals surface area contributed by atoms with E-state index in [4.69, 9.17) is 14.7 Å². The minimum absolute atomic E-state index is 0.0826. The van der Waals surface area contributed by atoms with E-state index in [1.165, 1.54) is 14.2 Å². The molecule has 0 aliphatic rings. The second-order valence-electron chi connectivity index (χ2n) is 3.52. The van der Waals surface area contributed by atoms with Gasteiger partial charge < -0.3 is 19.4 Å². The van der Waals surface area contributed by atoms with Gasteiger partial charge in [-0.25, -0.2) is 4.79 Å². The smallest absolute Gasteiger partial charge is 0.377 e. The lowest BCUT2D eigenvalue weighted by Crippen LogP contribution is -2.11. The highest BCUT2D eigenvalue weighted by Crippen LogP contribution is 2.17. The van der Waals surface area contributed by atoms with Crippen molar-refractivity contribution in [3.63, 3.8) is 0 Å². The first-order valence-corrected chi connectivity index (χ1v) is 5.40. The van der Waals surface area contributed by atoms with Crippen molar-refractivity contribution in [2.24, 2.45) is 5.16 Å². The molecular weight excluding hydrogens is 250 g/mol. The number of benzene rings is 1. The van der Waals surface area contributed by atoms with Gasteiger partial charge in [-0.05, 0) is 19.1 Å². The van der Waals surface area contributed by atoms with Crippen molar-refractivity contribution in [2.45, 2.75) is 6.92 Å². The van der Waals surface area contributed by atoms with E-state index in [1.807, 2.05) is 0 Å². The summed E-state index contributed by atoms with van der Waals surface area (Å²) in [4.78, 5) is 11.4. The topological polar surface area (TPSA) is 77.4 Å². The Balaban J connectivity index is 2.98. The van der Waals surface area contributed by atoms with Crippen molar-refractivity contribution in [3.8, 4) is 5.75 Å². The van der Waals surface area contributed by atoms with Gasteiger partial charge in [0.2, 0.25) is 5.76 Å². The van der Waals surface area contributed by atoms with Crippen molar-refractivity contribution in [1.29, 1.82) is 0 Å². The van der Waals surface area contributed by atoms with Crippen LogP contribution in [0.5, 0.6) is 5.75 Å². The lowest BCUT2D eigenvalue weighted by atomic mass is 10.1. The molecule has 0 unspecified atom stereocenters. The lowest BCUT2D eigenvalue weighted by molar-refractivity contribution is -0.138. The van der Waals surface area contributed by atoms with Crippen LogP contribution < -0.4 is 4.74 Å². The average Bonchev–Trinajstić information content (AvgIpc) is 2.45. The Hall–Kier alpha value is -2.50. The standard InChI is InChI=1S/C13H15NO5/c1-9(14-16)10-5-4-6-11(7-10)19-12(8-17-2)13(15)18-3/h4-8,16H,1-3H3/b12-8+,14-9+. The Morgan fingerprint density at radius 2 is 2.11 bits per heavy atom. The molecule has 1 rings (SSSR count). The number of methoxy groups -OCH3 is 2. The molecule has 6 heteroatoms. The normalized spacial score (nSPS) is 11.9. The first-order chi connectivity index (χ1) is 9.12. The Kier molecular flexibility index (Phi) is 5.40. The summed E-state index contributed by atoms with van der Waals surface area (Å²) in [6, 6.07) is 6.74. The molecule has 0 bridgehead atoms. The summed E-state index contributed by atoms with van der Waals surface area (Å²) >= 11 is 0. The summed E-state index contributed by atoms with van der Waals surface area (Å²) in [5, 5.41) is 11.8. The van der Waals surface area contributed by atoms with Gasteiger partial charge >= 0.3 is 5.97 Å². The van der Waals surface area contributed by atoms with Gasteiger partial charge in [0.1, 0.15) is 12.0 Å². The molecular formula is C13H15NO5. The van der Waals surface area contributed by atoms with Crippen molar-refractivity contribution < 1.29 is 24.2 Å². The molecule has 0 spiro atoms. The van der Waals surface area contributed by atoms with Gasteiger partial charge in [0.05, 0.1) is 19.9 Å². The zero-order valence-electron chi connectivity index (χ0n) is 10.9. The quantitative estimate of drug-likeness (QED) is 0.220. The zero-order chi connectivity index (χ0) is 14.3. The fraction of sp³-hybridized carbons (Fsp3) is 0.231. The number of carbonyl (C=O) groups excluding carboxylic acids is 1. The summed E-state index contributed by atoms with van der Waals surface area (Å²) < 4.78 is 14.7. The van der Waals surface area contributed by atoms with Gasteiger partial charge in [-0.1, -0.05) is 17.3 Å². The SMILES string of the molecule is CO/C=C(/Oc1cccc(/C(C)=N/O)c1)C(=O)OC. The Bertz CT molecular complexity index is 508. The second-order valence-corrected chi connectivity index (χ2v) is 3.52. The van der Waals surface area contributed by atoms with Crippen molar-refractivity contribution in [1.82, 2.24) is 0 Å². The van der Waals surface area contributed by atoms with Gasteiger partial charge in [-0.3, -0.25) is 0 Å². The Labute approximate surface area is 110 Å². The van der Waals surface area contributed by atoms with Crippen LogP contribution in [0.4, 0.5) is 0 Å². The van der Waals surface area contributed by atoms with E-state index in [9.17, 15) is 4.79 Å². The van der Waals surface area contributed by atoms with E-state index in [2.05, 4.69) is 9.89 Å². The van der Waals surface area contributed by atoms with E-state index < -0.39 is 5.97 Å². The molecule has 0 aliphatic heterocycles. The fourth-order valence-electron chi connectivity index (χ4n) is 1.29. The van der Waals surface area contributed by atoms with Crippen LogP contribution in [-0.2, 0) is 14.3 Å². The van der Waals surface area contributed by atoms with Crippen LogP contribution in [0.2, 0.25) is 0 Å². The molecule has 1 aromatic carbocycles. The van der Waals surface area contributed by atoms with Crippen LogP contribution in [-0.4, -0.2) is 31.1 Å². The maximum atomic E-state index is 11.4. The molecule has 1 aromatic rings. The first-order valence-electron chi connectivity index (χ1n) is 5.40. The summed E-state index contributed by atoms with van der Waals surface area (Å²) in [5.74, 6) is -0.338. The monoisotopic (exact) mass is 265 g/mol. The Morgan fingerprint density at radius 1 is 1.37 bits per heavy atom. The molecule has 0 aliphatic carbocycles. The number of carbonyl (C=O) groups is 1. The van der Waals surface area contributed by atoms with Gasteiger partial charge in [0, 0.05) is 5.56 Å². The highest BCUT2D eigenvalue weighted by atomic mass is 16.6. The molecule has 19 heavy (non-hydrogen) atoms. The van der Waals surface area contributed by atoms with E-state index in [1.54, 1.807) is 31.2 Å². The van der Waals surface area contributed by atoms with Gasteiger partial charge in [0.15, 0.2) is 0 Å². The largest absolute Gasteiger partial charge is 0.500 e. The molecule has 6 nitrogen and oxygen atoms in total. The van der Waals surface area contributed by atoms with Crippen LogP contribution in [0, 0.1) is 0 Å². The zero-order valence-corrected chi connectivity index (χ0v) is 10.9. The van der Waals surface area contributed by atoms with Crippen LogP contribution in [0.1, 0.15) is 12.5 Å². The predicted octanol–water partition coefficient (Wildman–Crippen LogP) is 1.92. The molecule has 0 heterocycles. The lowest BCUT2D eigenvalue weighted by Gasteiger charge is -2.08. The number of oxime groups is 1. The number of ether oxygens (including phenoxy) is 3. The van der Waals surface area contributed by atoms with Crippen LogP contribution >= 0.6 is 0 Å². The summed E-state index contributed by atoms with van der Waals surface area (Å²) in [7, 11) is 2.64. The number of nitrogens with zero attached hydrogens (tertiary/aromatic N) is 1. The molecule has 0 aromatic heterocycles. The third-order valence-electron chi connectivity index (χ3n) is 2.24. The van der Waals surface area contributed by atoms with Crippen molar-refractivity contribution >= 4 is 11.7 Å². The van der Waals surface area contributed by atoms with Crippen LogP contribution in [0.15, 0.2) is 41.4 Å². The molecule has 0 fully saturated rings. The van der Waals surface area contributed by atoms with E-state index in [-0.39, 0.29) is 5.76 Å². The number of hydrogen-bond donors (Lipinski definition) is 1. The Morgan fingerprint density at radius 3 is 2.68 bits per heavy atom. The molecule has 0 amide bonds. The summed E-state index contributed by atoms with van der Waals surface area (Å²) in [5.41, 5.74) is 1.10.